The first kappa shape index (κ1) is 31.1. The average Bonchev–Trinajstić information content (AvgIpc) is 3.95. The Hall–Kier alpha value is -7.20. The maximum atomic E-state index is 6.72. The van der Waals surface area contributed by atoms with Crippen molar-refractivity contribution >= 4 is 108 Å². The summed E-state index contributed by atoms with van der Waals surface area (Å²) >= 11 is 1.86. The van der Waals surface area contributed by atoms with Crippen LogP contribution in [0.3, 0.4) is 0 Å². The Bertz CT molecular complexity index is 3790. The molecule has 10 aromatic carbocycles. The van der Waals surface area contributed by atoms with Gasteiger partial charge in [-0.15, -0.1) is 11.3 Å². The molecule has 57 heavy (non-hydrogen) atoms. The van der Waals surface area contributed by atoms with Gasteiger partial charge in [-0.05, 0) is 103 Å². The van der Waals surface area contributed by atoms with Crippen molar-refractivity contribution in [2.45, 2.75) is 0 Å². The molecule has 0 bridgehead atoms. The fourth-order valence-electron chi connectivity index (χ4n) is 9.70. The fraction of sp³-hybridized carbons (Fsp3) is 0. The van der Waals surface area contributed by atoms with Crippen LogP contribution in [0.2, 0.25) is 0 Å². The lowest BCUT2D eigenvalue weighted by atomic mass is 9.92. The molecule has 0 fully saturated rings. The number of fused-ring (bicyclic) bond motifs is 15. The van der Waals surface area contributed by atoms with Crippen molar-refractivity contribution in [3.05, 3.63) is 188 Å². The molecule has 3 heteroatoms. The second-order valence-electron chi connectivity index (χ2n) is 15.2. The van der Waals surface area contributed by atoms with E-state index < -0.39 is 0 Å². The Morgan fingerprint density at radius 3 is 1.70 bits per heavy atom. The standard InChI is InChI=1S/C54H31NOS/c1-2-14-37-35(12-1)36-13-3-4-15-38(36)44-28-32(24-26-39(37)44)33-25-27-48-45(29-33)40-16-5-8-20-47(40)55(48)34-30-46(53-42-17-6-9-21-49(42)56-50(53)31-34)41-19-11-23-52-54(41)43-18-7-10-22-51(43)57-52/h1-31H. The predicted octanol–water partition coefficient (Wildman–Crippen LogP) is 15.8. The molecule has 13 aromatic rings. The zero-order valence-corrected chi connectivity index (χ0v) is 31.5. The number of benzene rings is 10. The number of nitrogens with zero attached hydrogens (tertiary/aromatic N) is 1. The van der Waals surface area contributed by atoms with Gasteiger partial charge in [-0.2, -0.15) is 0 Å². The van der Waals surface area contributed by atoms with Crippen molar-refractivity contribution in [2.75, 3.05) is 0 Å². The molecule has 0 spiro atoms. The van der Waals surface area contributed by atoms with E-state index in [1.165, 1.54) is 91.0 Å². The van der Waals surface area contributed by atoms with E-state index in [0.717, 1.165) is 33.1 Å². The highest BCUT2D eigenvalue weighted by atomic mass is 32.1. The SMILES string of the molecule is c1ccc2c(c1)oc1cc(-n3c4ccccc4c4cc(-c5ccc6c7ccccc7c7ccccc7c6c5)ccc43)cc(-c3cccc4sc5ccccc5c34)c12. The van der Waals surface area contributed by atoms with Crippen molar-refractivity contribution in [1.82, 2.24) is 4.57 Å². The zero-order chi connectivity index (χ0) is 37.2. The van der Waals surface area contributed by atoms with Gasteiger partial charge in [0.15, 0.2) is 0 Å². The highest BCUT2D eigenvalue weighted by Crippen LogP contribution is 2.46. The molecule has 0 atom stereocenters. The van der Waals surface area contributed by atoms with Gasteiger partial charge in [0.2, 0.25) is 0 Å². The molecule has 0 aliphatic heterocycles. The highest BCUT2D eigenvalue weighted by molar-refractivity contribution is 7.25. The van der Waals surface area contributed by atoms with E-state index in [1.54, 1.807) is 0 Å². The Balaban J connectivity index is 1.06. The lowest BCUT2D eigenvalue weighted by molar-refractivity contribution is 0.668. The monoisotopic (exact) mass is 741 g/mol. The minimum Gasteiger partial charge on any atom is -0.456 e. The molecule has 0 N–H and O–H groups in total. The molecule has 264 valence electrons. The summed E-state index contributed by atoms with van der Waals surface area (Å²) in [4.78, 5) is 0. The van der Waals surface area contributed by atoms with Gasteiger partial charge in [-0.3, -0.25) is 0 Å². The van der Waals surface area contributed by atoms with Crippen LogP contribution < -0.4 is 0 Å². The Morgan fingerprint density at radius 2 is 0.912 bits per heavy atom. The second-order valence-corrected chi connectivity index (χ2v) is 16.3. The molecular weight excluding hydrogens is 711 g/mol. The molecule has 0 aliphatic carbocycles. The summed E-state index contributed by atoms with van der Waals surface area (Å²) in [6.45, 7) is 0. The van der Waals surface area contributed by atoms with Crippen molar-refractivity contribution in [2.24, 2.45) is 0 Å². The van der Waals surface area contributed by atoms with Crippen molar-refractivity contribution < 1.29 is 4.42 Å². The number of rotatable bonds is 3. The third-order valence-electron chi connectivity index (χ3n) is 12.2. The van der Waals surface area contributed by atoms with Crippen LogP contribution in [0.1, 0.15) is 0 Å². The summed E-state index contributed by atoms with van der Waals surface area (Å²) in [6.07, 6.45) is 0. The lowest BCUT2D eigenvalue weighted by Crippen LogP contribution is -1.95. The van der Waals surface area contributed by atoms with E-state index in [0.29, 0.717) is 0 Å². The van der Waals surface area contributed by atoms with E-state index in [2.05, 4.69) is 193 Å². The summed E-state index contributed by atoms with van der Waals surface area (Å²) in [5, 5.41) is 15.1. The Kier molecular flexibility index (Phi) is 6.35. The first-order valence-corrected chi connectivity index (χ1v) is 20.3. The third kappa shape index (κ3) is 4.40. The smallest absolute Gasteiger partial charge is 0.138 e. The number of hydrogen-bond acceptors (Lipinski definition) is 2. The molecule has 13 rings (SSSR count). The maximum Gasteiger partial charge on any atom is 0.138 e. The first-order chi connectivity index (χ1) is 28.3. The normalized spacial score (nSPS) is 12.2. The Labute approximate surface area is 331 Å². The molecule has 0 unspecified atom stereocenters. The van der Waals surface area contributed by atoms with E-state index >= 15 is 0 Å². The van der Waals surface area contributed by atoms with E-state index in [9.17, 15) is 0 Å². The highest BCUT2D eigenvalue weighted by Gasteiger charge is 2.21. The predicted molar refractivity (Wildman–Crippen MR) is 244 cm³/mol. The third-order valence-corrected chi connectivity index (χ3v) is 13.3. The van der Waals surface area contributed by atoms with Crippen LogP contribution in [0.4, 0.5) is 0 Å². The van der Waals surface area contributed by atoms with Gasteiger partial charge in [0, 0.05) is 47.8 Å². The summed E-state index contributed by atoms with van der Waals surface area (Å²) in [5.74, 6) is 0. The molecule has 0 aliphatic rings. The molecule has 3 aromatic heterocycles. The minimum absolute atomic E-state index is 0.888. The quantitative estimate of drug-likeness (QED) is 0.165. The minimum atomic E-state index is 0.888. The second kappa shape index (κ2) is 11.7. The summed E-state index contributed by atoms with van der Waals surface area (Å²) in [6, 6.07) is 69.0. The van der Waals surface area contributed by atoms with Gasteiger partial charge in [-0.25, -0.2) is 0 Å². The van der Waals surface area contributed by atoms with Crippen molar-refractivity contribution in [1.29, 1.82) is 0 Å². The molecule has 0 radical (unpaired) electrons. The largest absolute Gasteiger partial charge is 0.456 e. The van der Waals surface area contributed by atoms with Crippen molar-refractivity contribution in [3.8, 4) is 27.9 Å². The molecule has 0 saturated carbocycles. The fourth-order valence-corrected chi connectivity index (χ4v) is 10.8. The molecule has 2 nitrogen and oxygen atoms in total. The number of hydrogen-bond donors (Lipinski definition) is 0. The summed E-state index contributed by atoms with van der Waals surface area (Å²) in [7, 11) is 0. The number of para-hydroxylation sites is 2. The van der Waals surface area contributed by atoms with Crippen LogP contribution in [0.15, 0.2) is 192 Å². The zero-order valence-electron chi connectivity index (χ0n) is 30.7. The van der Waals surface area contributed by atoms with Crippen LogP contribution >= 0.6 is 11.3 Å². The van der Waals surface area contributed by atoms with E-state index in [-0.39, 0.29) is 0 Å². The Morgan fingerprint density at radius 1 is 0.333 bits per heavy atom. The van der Waals surface area contributed by atoms with Crippen molar-refractivity contribution in [3.63, 3.8) is 0 Å². The number of aromatic nitrogens is 1. The summed E-state index contributed by atoms with van der Waals surface area (Å²) in [5.41, 5.74) is 10.0. The van der Waals surface area contributed by atoms with Crippen LogP contribution in [0, 0.1) is 0 Å². The number of thiophene rings is 1. The van der Waals surface area contributed by atoms with Gasteiger partial charge < -0.3 is 8.98 Å². The van der Waals surface area contributed by atoms with Gasteiger partial charge in [0.05, 0.1) is 16.7 Å². The van der Waals surface area contributed by atoms with Gasteiger partial charge in [-0.1, -0.05) is 133 Å². The van der Waals surface area contributed by atoms with Gasteiger partial charge in [0.25, 0.3) is 0 Å². The summed E-state index contributed by atoms with van der Waals surface area (Å²) < 4.78 is 11.7. The molecule has 3 heterocycles. The molecule has 0 saturated heterocycles. The average molecular weight is 742 g/mol. The van der Waals surface area contributed by atoms with Crippen LogP contribution in [0.25, 0.3) is 124 Å². The molecule has 0 amide bonds. The molecular formula is C54H31NOS. The maximum absolute atomic E-state index is 6.72. The van der Waals surface area contributed by atoms with Crippen LogP contribution in [-0.4, -0.2) is 4.57 Å². The topological polar surface area (TPSA) is 18.1 Å². The lowest BCUT2D eigenvalue weighted by Gasteiger charge is -2.13. The van der Waals surface area contributed by atoms with Crippen LogP contribution in [0.5, 0.6) is 0 Å². The van der Waals surface area contributed by atoms with Crippen LogP contribution in [-0.2, 0) is 0 Å². The first-order valence-electron chi connectivity index (χ1n) is 19.5. The van der Waals surface area contributed by atoms with Gasteiger partial charge >= 0.3 is 0 Å². The van der Waals surface area contributed by atoms with E-state index in [1.807, 2.05) is 11.3 Å². The van der Waals surface area contributed by atoms with Gasteiger partial charge in [0.1, 0.15) is 11.2 Å². The number of furan rings is 1. The van der Waals surface area contributed by atoms with E-state index in [4.69, 9.17) is 4.42 Å².